The number of rotatable bonds is 3. The Morgan fingerprint density at radius 2 is 1.12 bits per heavy atom. The lowest BCUT2D eigenvalue weighted by molar-refractivity contribution is 0.0791. The third kappa shape index (κ3) is 5.86. The highest BCUT2D eigenvalue weighted by atomic mass is 16.2. The van der Waals surface area contributed by atoms with E-state index in [2.05, 4.69) is 66.5 Å². The molecule has 0 radical (unpaired) electrons. The average molecular weight is 427 g/mol. The highest BCUT2D eigenvalue weighted by Gasteiger charge is 2.27. The summed E-state index contributed by atoms with van der Waals surface area (Å²) in [6, 6.07) is 30.9. The van der Waals surface area contributed by atoms with Crippen LogP contribution < -0.4 is 0 Å². The molecule has 3 aromatic rings. The second-order valence-electron chi connectivity index (χ2n) is 9.00. The molecule has 0 bridgehead atoms. The fraction of sp³-hybridized carbons (Fsp3) is 0.345. The van der Waals surface area contributed by atoms with Crippen LogP contribution in [-0.4, -0.2) is 48.9 Å². The molecule has 0 N–H and O–H groups in total. The van der Waals surface area contributed by atoms with Crippen LogP contribution in [0.2, 0.25) is 0 Å². The molecule has 32 heavy (non-hydrogen) atoms. The summed E-state index contributed by atoms with van der Waals surface area (Å²) in [6.07, 6.45) is 3.70. The number of carbonyl (C=O) groups excluding carboxylic acids is 1. The first-order chi connectivity index (χ1) is 15.7. The molecular weight excluding hydrogens is 392 g/mol. The first-order valence-corrected chi connectivity index (χ1v) is 11.8. The second kappa shape index (κ2) is 11.1. The lowest BCUT2D eigenvalue weighted by atomic mass is 9.90. The van der Waals surface area contributed by atoms with Crippen molar-refractivity contribution in [1.29, 1.82) is 0 Å². The molecule has 3 heteroatoms. The Bertz CT molecular complexity index is 950. The summed E-state index contributed by atoms with van der Waals surface area (Å²) in [5, 5.41) is 0. The van der Waals surface area contributed by atoms with Gasteiger partial charge >= 0.3 is 0 Å². The van der Waals surface area contributed by atoms with Crippen LogP contribution in [0.15, 0.2) is 91.0 Å². The maximum atomic E-state index is 12.3. The predicted molar refractivity (Wildman–Crippen MR) is 132 cm³/mol. The third-order valence-corrected chi connectivity index (χ3v) is 6.76. The van der Waals surface area contributed by atoms with Crippen molar-refractivity contribution in [2.45, 2.75) is 31.1 Å². The highest BCUT2D eigenvalue weighted by molar-refractivity contribution is 5.94. The van der Waals surface area contributed by atoms with Gasteiger partial charge in [0.1, 0.15) is 0 Å². The number of benzene rings is 3. The lowest BCUT2D eigenvalue weighted by Crippen LogP contribution is -2.29. The smallest absolute Gasteiger partial charge is 0.253 e. The zero-order valence-electron chi connectivity index (χ0n) is 19.1. The summed E-state index contributed by atoms with van der Waals surface area (Å²) < 4.78 is 0. The standard InChI is InChI=1S/C17H17NO.C12H17N/c19-17(15-9-5-2-6-10-15)18-12-11-16(13-18)14-7-3-1-4-8-14;1-13-9-7-12(8-10-13)11-5-3-2-4-6-11/h1-10,16H,11-13H2;2-6,12H,7-10H2,1H3/t16-;/m0./s1. The molecule has 3 nitrogen and oxygen atoms in total. The number of nitrogens with zero attached hydrogens (tertiary/aromatic N) is 2. The summed E-state index contributed by atoms with van der Waals surface area (Å²) in [5.74, 6) is 1.44. The van der Waals surface area contributed by atoms with Crippen molar-refractivity contribution in [3.63, 3.8) is 0 Å². The monoisotopic (exact) mass is 426 g/mol. The first kappa shape index (κ1) is 22.3. The Hall–Kier alpha value is -2.91. The van der Waals surface area contributed by atoms with Gasteiger partial charge in [-0.15, -0.1) is 0 Å². The number of piperidine rings is 1. The van der Waals surface area contributed by atoms with Gasteiger partial charge in [-0.25, -0.2) is 0 Å². The van der Waals surface area contributed by atoms with Crippen molar-refractivity contribution in [2.75, 3.05) is 33.2 Å². The van der Waals surface area contributed by atoms with Crippen LogP contribution in [0.5, 0.6) is 0 Å². The van der Waals surface area contributed by atoms with E-state index in [1.165, 1.54) is 37.1 Å². The fourth-order valence-corrected chi connectivity index (χ4v) is 4.77. The van der Waals surface area contributed by atoms with Gasteiger partial charge in [0.05, 0.1) is 0 Å². The van der Waals surface area contributed by atoms with Crippen molar-refractivity contribution < 1.29 is 4.79 Å². The van der Waals surface area contributed by atoms with Crippen LogP contribution in [0.1, 0.15) is 52.6 Å². The van der Waals surface area contributed by atoms with Crippen molar-refractivity contribution in [1.82, 2.24) is 9.80 Å². The van der Waals surface area contributed by atoms with E-state index in [0.717, 1.165) is 31.0 Å². The summed E-state index contributed by atoms with van der Waals surface area (Å²) in [4.78, 5) is 16.7. The normalized spacial score (nSPS) is 19.3. The Kier molecular flexibility index (Phi) is 7.73. The molecule has 0 saturated carbocycles. The maximum absolute atomic E-state index is 12.3. The SMILES string of the molecule is CN1CCC(c2ccccc2)CC1.O=C(c1ccccc1)N1CC[C@H](c2ccccc2)C1. The van der Waals surface area contributed by atoms with Gasteiger partial charge in [-0.2, -0.15) is 0 Å². The number of amides is 1. The van der Waals surface area contributed by atoms with Crippen LogP contribution in [-0.2, 0) is 0 Å². The van der Waals surface area contributed by atoms with Crippen molar-refractivity contribution in [3.8, 4) is 0 Å². The zero-order valence-corrected chi connectivity index (χ0v) is 19.1. The quantitative estimate of drug-likeness (QED) is 0.527. The van der Waals surface area contributed by atoms with E-state index in [-0.39, 0.29) is 5.91 Å². The molecular formula is C29H34N2O. The van der Waals surface area contributed by atoms with Gasteiger partial charge in [-0.1, -0.05) is 78.9 Å². The largest absolute Gasteiger partial charge is 0.338 e. The molecule has 0 aromatic heterocycles. The van der Waals surface area contributed by atoms with E-state index in [9.17, 15) is 4.79 Å². The molecule has 2 aliphatic heterocycles. The molecule has 2 aliphatic rings. The van der Waals surface area contributed by atoms with Crippen LogP contribution in [0.3, 0.4) is 0 Å². The van der Waals surface area contributed by atoms with Crippen molar-refractivity contribution in [3.05, 3.63) is 108 Å². The molecule has 1 atom stereocenters. The molecule has 0 aliphatic carbocycles. The van der Waals surface area contributed by atoms with Crippen LogP contribution >= 0.6 is 0 Å². The van der Waals surface area contributed by atoms with Crippen molar-refractivity contribution >= 4 is 5.91 Å². The lowest BCUT2D eigenvalue weighted by Gasteiger charge is -2.29. The highest BCUT2D eigenvalue weighted by Crippen LogP contribution is 2.28. The van der Waals surface area contributed by atoms with Crippen LogP contribution in [0.4, 0.5) is 0 Å². The van der Waals surface area contributed by atoms with Gasteiger partial charge in [0.25, 0.3) is 5.91 Å². The minimum Gasteiger partial charge on any atom is -0.338 e. The van der Waals surface area contributed by atoms with Gasteiger partial charge in [-0.05, 0) is 68.6 Å². The first-order valence-electron chi connectivity index (χ1n) is 11.8. The van der Waals surface area contributed by atoms with Crippen LogP contribution in [0, 0.1) is 0 Å². The number of likely N-dealkylation sites (tertiary alicyclic amines) is 2. The van der Waals surface area contributed by atoms with Crippen LogP contribution in [0.25, 0.3) is 0 Å². The van der Waals surface area contributed by atoms with Gasteiger partial charge in [0, 0.05) is 24.6 Å². The molecule has 5 rings (SSSR count). The maximum Gasteiger partial charge on any atom is 0.253 e. The Balaban J connectivity index is 0.000000165. The summed E-state index contributed by atoms with van der Waals surface area (Å²) in [7, 11) is 2.21. The van der Waals surface area contributed by atoms with E-state index < -0.39 is 0 Å². The average Bonchev–Trinajstić information content (AvgIpc) is 3.37. The summed E-state index contributed by atoms with van der Waals surface area (Å²) >= 11 is 0. The van der Waals surface area contributed by atoms with E-state index >= 15 is 0 Å². The molecule has 2 saturated heterocycles. The van der Waals surface area contributed by atoms with Gasteiger partial charge < -0.3 is 9.80 Å². The van der Waals surface area contributed by atoms with Gasteiger partial charge in [0.15, 0.2) is 0 Å². The molecule has 1 amide bonds. The minimum absolute atomic E-state index is 0.152. The van der Waals surface area contributed by atoms with E-state index in [0.29, 0.717) is 5.92 Å². The van der Waals surface area contributed by atoms with Gasteiger partial charge in [0.2, 0.25) is 0 Å². The van der Waals surface area contributed by atoms with Gasteiger partial charge in [-0.3, -0.25) is 4.79 Å². The fourth-order valence-electron chi connectivity index (χ4n) is 4.77. The molecule has 2 heterocycles. The van der Waals surface area contributed by atoms with E-state index in [4.69, 9.17) is 0 Å². The second-order valence-corrected chi connectivity index (χ2v) is 9.00. The van der Waals surface area contributed by atoms with Crippen molar-refractivity contribution in [2.24, 2.45) is 0 Å². The predicted octanol–water partition coefficient (Wildman–Crippen LogP) is 5.81. The molecule has 166 valence electrons. The van der Waals surface area contributed by atoms with E-state index in [1.807, 2.05) is 41.3 Å². The van der Waals surface area contributed by atoms with E-state index in [1.54, 1.807) is 0 Å². The summed E-state index contributed by atoms with van der Waals surface area (Å²) in [6.45, 7) is 4.18. The minimum atomic E-state index is 0.152. The Morgan fingerprint density at radius 1 is 0.656 bits per heavy atom. The zero-order chi connectivity index (χ0) is 22.2. The molecule has 3 aromatic carbocycles. The molecule has 0 unspecified atom stereocenters. The Morgan fingerprint density at radius 3 is 1.69 bits per heavy atom. The number of hydrogen-bond acceptors (Lipinski definition) is 2. The molecule has 2 fully saturated rings. The third-order valence-electron chi connectivity index (χ3n) is 6.76. The molecule has 0 spiro atoms. The number of hydrogen-bond donors (Lipinski definition) is 0. The number of carbonyl (C=O) groups is 1. The topological polar surface area (TPSA) is 23.6 Å². The Labute approximate surface area is 192 Å². The summed E-state index contributed by atoms with van der Waals surface area (Å²) in [5.41, 5.74) is 3.65.